The Morgan fingerprint density at radius 3 is 2.30 bits per heavy atom. The van der Waals surface area contributed by atoms with Crippen molar-refractivity contribution in [2.75, 3.05) is 0 Å². The van der Waals surface area contributed by atoms with Crippen molar-refractivity contribution in [2.24, 2.45) is 0 Å². The van der Waals surface area contributed by atoms with Gasteiger partial charge in [-0.05, 0) is 29.2 Å². The van der Waals surface area contributed by atoms with Gasteiger partial charge in [0.1, 0.15) is 5.58 Å². The Hall–Kier alpha value is -1.80. The Balaban J connectivity index is 2.66. The number of benzene rings is 2. The van der Waals surface area contributed by atoms with Crippen LogP contribution in [0.15, 0.2) is 45.6 Å². The molecule has 3 rings (SSSR count). The van der Waals surface area contributed by atoms with Crippen LogP contribution in [0.4, 0.5) is 0 Å². The average molecular weight is 287 g/mol. The monoisotopic (exact) mass is 286 g/mol. The van der Waals surface area contributed by atoms with E-state index >= 15 is 0 Å². The highest BCUT2D eigenvalue weighted by atomic mass is 35.5. The van der Waals surface area contributed by atoms with Crippen molar-refractivity contribution in [3.8, 4) is 0 Å². The largest absolute Gasteiger partial charge is 0.422 e. The lowest BCUT2D eigenvalue weighted by Crippen LogP contribution is -2.13. The number of rotatable bonds is 0. The van der Waals surface area contributed by atoms with Crippen LogP contribution < -0.4 is 5.63 Å². The number of fused-ring (bicyclic) bond motifs is 3. The lowest BCUT2D eigenvalue weighted by Gasteiger charge is -2.23. The predicted octanol–water partition coefficient (Wildman–Crippen LogP) is 4.90. The molecule has 0 saturated carbocycles. The maximum absolute atomic E-state index is 12.0. The number of hydrogen-bond donors (Lipinski definition) is 0. The van der Waals surface area contributed by atoms with Gasteiger partial charge in [0, 0.05) is 15.8 Å². The molecule has 0 N–H and O–H groups in total. The summed E-state index contributed by atoms with van der Waals surface area (Å²) < 4.78 is 5.45. The van der Waals surface area contributed by atoms with E-state index in [0.29, 0.717) is 16.0 Å². The fourth-order valence-corrected chi connectivity index (χ4v) is 3.12. The Bertz CT molecular complexity index is 870. The molecule has 0 radical (unpaired) electrons. The van der Waals surface area contributed by atoms with Crippen LogP contribution in [0.1, 0.15) is 26.3 Å². The third-order valence-corrected chi connectivity index (χ3v) is 3.80. The van der Waals surface area contributed by atoms with Gasteiger partial charge in [0.05, 0.1) is 5.39 Å². The summed E-state index contributed by atoms with van der Waals surface area (Å²) in [7, 11) is 0. The molecule has 3 heteroatoms. The van der Waals surface area contributed by atoms with Crippen molar-refractivity contribution in [3.63, 3.8) is 0 Å². The summed E-state index contributed by atoms with van der Waals surface area (Å²) in [5.74, 6) is 0. The Morgan fingerprint density at radius 1 is 1.00 bits per heavy atom. The van der Waals surface area contributed by atoms with Crippen LogP contribution in [0.3, 0.4) is 0 Å². The van der Waals surface area contributed by atoms with Crippen LogP contribution in [-0.4, -0.2) is 0 Å². The van der Waals surface area contributed by atoms with E-state index in [9.17, 15) is 4.79 Å². The molecule has 2 nitrogen and oxygen atoms in total. The minimum absolute atomic E-state index is 0.140. The van der Waals surface area contributed by atoms with Crippen LogP contribution in [0.25, 0.3) is 21.7 Å². The lowest BCUT2D eigenvalue weighted by molar-refractivity contribution is 0.563. The molecular weight excluding hydrogens is 272 g/mol. The van der Waals surface area contributed by atoms with Gasteiger partial charge in [-0.3, -0.25) is 0 Å². The van der Waals surface area contributed by atoms with Crippen molar-refractivity contribution >= 4 is 33.3 Å². The Labute approximate surface area is 122 Å². The van der Waals surface area contributed by atoms with Crippen LogP contribution in [0.5, 0.6) is 0 Å². The van der Waals surface area contributed by atoms with E-state index in [0.717, 1.165) is 16.3 Å². The first-order valence-corrected chi connectivity index (χ1v) is 6.92. The maximum Gasteiger partial charge on any atom is 0.344 e. The molecule has 20 heavy (non-hydrogen) atoms. The third-order valence-electron chi connectivity index (χ3n) is 3.49. The van der Waals surface area contributed by atoms with Gasteiger partial charge in [-0.1, -0.05) is 50.6 Å². The molecule has 0 unspecified atom stereocenters. The second kappa shape index (κ2) is 4.35. The first-order valence-electron chi connectivity index (χ1n) is 6.54. The van der Waals surface area contributed by atoms with E-state index in [1.807, 2.05) is 18.2 Å². The molecule has 1 aromatic heterocycles. The molecule has 1 heterocycles. The van der Waals surface area contributed by atoms with Crippen molar-refractivity contribution in [2.45, 2.75) is 26.2 Å². The number of halogens is 1. The Kier molecular flexibility index (Phi) is 2.87. The Morgan fingerprint density at radius 2 is 1.65 bits per heavy atom. The molecule has 2 aromatic carbocycles. The molecule has 0 spiro atoms. The van der Waals surface area contributed by atoms with Crippen LogP contribution in [0.2, 0.25) is 5.02 Å². The predicted molar refractivity (Wildman–Crippen MR) is 83.7 cm³/mol. The molecule has 0 atom stereocenters. The van der Waals surface area contributed by atoms with Gasteiger partial charge in [-0.15, -0.1) is 0 Å². The summed E-state index contributed by atoms with van der Waals surface area (Å²) in [5.41, 5.74) is 1.15. The summed E-state index contributed by atoms with van der Waals surface area (Å²) >= 11 is 6.41. The molecule has 0 saturated heterocycles. The number of hydrogen-bond acceptors (Lipinski definition) is 2. The van der Waals surface area contributed by atoms with E-state index in [1.54, 1.807) is 18.2 Å². The fraction of sp³-hybridized carbons (Fsp3) is 0.235. The quantitative estimate of drug-likeness (QED) is 0.435. The normalized spacial score (nSPS) is 12.2. The molecule has 0 aliphatic heterocycles. The summed E-state index contributed by atoms with van der Waals surface area (Å²) in [4.78, 5) is 12.0. The highest BCUT2D eigenvalue weighted by Crippen LogP contribution is 2.38. The molecule has 0 fully saturated rings. The first kappa shape index (κ1) is 13.2. The van der Waals surface area contributed by atoms with E-state index in [4.69, 9.17) is 16.0 Å². The van der Waals surface area contributed by atoms with Crippen LogP contribution >= 0.6 is 11.6 Å². The van der Waals surface area contributed by atoms with E-state index in [1.165, 1.54) is 0 Å². The minimum atomic E-state index is -0.310. The second-order valence-electron chi connectivity index (χ2n) is 5.98. The molecular formula is C17H15ClO2. The van der Waals surface area contributed by atoms with E-state index in [-0.39, 0.29) is 11.0 Å². The van der Waals surface area contributed by atoms with Gasteiger partial charge in [-0.25, -0.2) is 4.79 Å². The van der Waals surface area contributed by atoms with Gasteiger partial charge < -0.3 is 4.42 Å². The first-order chi connectivity index (χ1) is 9.39. The molecule has 0 aliphatic carbocycles. The SMILES string of the molecule is CC(C)(C)c1c(Cl)ccc2oc(=O)c3ccccc3c12. The van der Waals surface area contributed by atoms with Crippen molar-refractivity contribution in [3.05, 3.63) is 57.4 Å². The summed E-state index contributed by atoms with van der Waals surface area (Å²) in [5, 5.41) is 3.11. The van der Waals surface area contributed by atoms with Crippen LogP contribution in [0, 0.1) is 0 Å². The minimum Gasteiger partial charge on any atom is -0.422 e. The zero-order valence-corrected chi connectivity index (χ0v) is 12.4. The van der Waals surface area contributed by atoms with Crippen molar-refractivity contribution in [1.29, 1.82) is 0 Å². The van der Waals surface area contributed by atoms with E-state index < -0.39 is 0 Å². The third kappa shape index (κ3) is 1.92. The van der Waals surface area contributed by atoms with Crippen molar-refractivity contribution < 1.29 is 4.42 Å². The molecule has 102 valence electrons. The van der Waals surface area contributed by atoms with Gasteiger partial charge in [0.25, 0.3) is 0 Å². The summed E-state index contributed by atoms with van der Waals surface area (Å²) in [6.07, 6.45) is 0. The highest BCUT2D eigenvalue weighted by Gasteiger charge is 2.23. The van der Waals surface area contributed by atoms with Gasteiger partial charge in [0.15, 0.2) is 0 Å². The topological polar surface area (TPSA) is 30.2 Å². The summed E-state index contributed by atoms with van der Waals surface area (Å²) in [6, 6.07) is 11.1. The second-order valence-corrected chi connectivity index (χ2v) is 6.39. The molecule has 0 aliphatic rings. The van der Waals surface area contributed by atoms with Crippen molar-refractivity contribution in [1.82, 2.24) is 0 Å². The van der Waals surface area contributed by atoms with Gasteiger partial charge in [-0.2, -0.15) is 0 Å². The molecule has 0 amide bonds. The van der Waals surface area contributed by atoms with Gasteiger partial charge in [0.2, 0.25) is 0 Å². The highest BCUT2D eigenvalue weighted by molar-refractivity contribution is 6.33. The smallest absolute Gasteiger partial charge is 0.344 e. The van der Waals surface area contributed by atoms with Crippen LogP contribution in [-0.2, 0) is 5.41 Å². The van der Waals surface area contributed by atoms with E-state index in [2.05, 4.69) is 20.8 Å². The summed E-state index contributed by atoms with van der Waals surface area (Å²) in [6.45, 7) is 6.31. The molecule has 3 aromatic rings. The zero-order valence-electron chi connectivity index (χ0n) is 11.7. The zero-order chi connectivity index (χ0) is 14.5. The molecule has 0 bridgehead atoms. The maximum atomic E-state index is 12.0. The fourth-order valence-electron chi connectivity index (χ4n) is 2.68. The van der Waals surface area contributed by atoms with Gasteiger partial charge >= 0.3 is 5.63 Å². The lowest BCUT2D eigenvalue weighted by atomic mass is 9.83. The average Bonchev–Trinajstić information content (AvgIpc) is 2.38. The standard InChI is InChI=1S/C17H15ClO2/c1-17(2,3)15-12(18)8-9-13-14(15)10-6-4-5-7-11(10)16(19)20-13/h4-9H,1-3H3.